The number of rotatable bonds is 60. The fourth-order valence-corrected chi connectivity index (χ4v) is 9.39. The van der Waals surface area contributed by atoms with E-state index in [0.29, 0.717) is 12.8 Å². The van der Waals surface area contributed by atoms with Gasteiger partial charge in [-0.3, -0.25) is 18.6 Å². The second-order valence-corrected chi connectivity index (χ2v) is 22.7. The summed E-state index contributed by atoms with van der Waals surface area (Å²) in [6.07, 6.45) is 97.6. The number of ether oxygens (including phenoxy) is 2. The molecule has 3 N–H and O–H groups in total. The molecule has 0 saturated carbocycles. The molecule has 0 aromatic carbocycles. The van der Waals surface area contributed by atoms with Gasteiger partial charge in [0.25, 0.3) is 0 Å². The van der Waals surface area contributed by atoms with Crippen molar-refractivity contribution in [2.24, 2.45) is 5.73 Å². The first-order valence-corrected chi connectivity index (χ1v) is 34.5. The van der Waals surface area contributed by atoms with E-state index in [4.69, 9.17) is 24.3 Å². The quantitative estimate of drug-likeness (QED) is 0.0264. The van der Waals surface area contributed by atoms with Crippen LogP contribution in [0.15, 0.2) is 158 Å². The highest BCUT2D eigenvalue weighted by molar-refractivity contribution is 7.47. The topological polar surface area (TPSA) is 134 Å². The van der Waals surface area contributed by atoms with Crippen LogP contribution in [0.4, 0.5) is 0 Å². The van der Waals surface area contributed by atoms with Gasteiger partial charge in [0.05, 0.1) is 13.2 Å². The van der Waals surface area contributed by atoms with Crippen LogP contribution in [0.5, 0.6) is 0 Å². The SMILES string of the molecule is CC/C=C\C/C=C\C/C=C\C/C=C\C/C=C\C/C=C\C/C=C\C/C=C\C/C=C\CCCC(=O)OC(COC(=O)CCCCCCCCCCCCCCCCCCCCCC/C=C\C/C=C\C/C=C\C/C=C\CC)COP(=O)(O)OCCN. The van der Waals surface area contributed by atoms with Gasteiger partial charge in [0.2, 0.25) is 0 Å². The number of hydrogen-bond acceptors (Lipinski definition) is 8. The normalized spacial score (nSPS) is 14.0. The average Bonchev–Trinajstić information content (AvgIpc) is 3.49. The molecule has 0 aliphatic rings. The summed E-state index contributed by atoms with van der Waals surface area (Å²) in [5.41, 5.74) is 5.39. The molecule has 470 valence electrons. The second-order valence-electron chi connectivity index (χ2n) is 21.2. The molecule has 10 heteroatoms. The summed E-state index contributed by atoms with van der Waals surface area (Å²) < 4.78 is 33.1. The van der Waals surface area contributed by atoms with Crippen molar-refractivity contribution in [3.8, 4) is 0 Å². The van der Waals surface area contributed by atoms with Crippen LogP contribution in [0.25, 0.3) is 0 Å². The van der Waals surface area contributed by atoms with Gasteiger partial charge in [0, 0.05) is 19.4 Å². The Bertz CT molecular complexity index is 1920. The summed E-state index contributed by atoms with van der Waals surface area (Å²) in [5, 5.41) is 0. The maximum atomic E-state index is 12.7. The molecule has 2 unspecified atom stereocenters. The minimum Gasteiger partial charge on any atom is -0.462 e. The zero-order chi connectivity index (χ0) is 60.1. The molecule has 0 aromatic heterocycles. The van der Waals surface area contributed by atoms with E-state index in [-0.39, 0.29) is 32.6 Å². The first kappa shape index (κ1) is 78.6. The lowest BCUT2D eigenvalue weighted by atomic mass is 10.0. The van der Waals surface area contributed by atoms with Crippen molar-refractivity contribution in [3.05, 3.63) is 158 Å². The monoisotopic (exact) mass is 1170 g/mol. The lowest BCUT2D eigenvalue weighted by Crippen LogP contribution is -2.29. The van der Waals surface area contributed by atoms with Crippen molar-refractivity contribution < 1.29 is 37.6 Å². The van der Waals surface area contributed by atoms with Crippen LogP contribution in [0.2, 0.25) is 0 Å². The fraction of sp³-hybridized carbons (Fsp3) is 0.616. The van der Waals surface area contributed by atoms with Gasteiger partial charge in [-0.1, -0.05) is 287 Å². The Labute approximate surface area is 509 Å². The molecule has 0 radical (unpaired) electrons. The molecule has 9 nitrogen and oxygen atoms in total. The molecule has 0 aromatic rings. The molecule has 0 amide bonds. The number of nitrogens with two attached hydrogens (primary N) is 1. The van der Waals surface area contributed by atoms with E-state index < -0.39 is 32.5 Å². The zero-order valence-corrected chi connectivity index (χ0v) is 53.5. The number of carbonyl (C=O) groups is 2. The predicted octanol–water partition coefficient (Wildman–Crippen LogP) is 21.6. The molecule has 2 atom stereocenters. The van der Waals surface area contributed by atoms with E-state index in [9.17, 15) is 19.0 Å². The van der Waals surface area contributed by atoms with E-state index in [0.717, 1.165) is 103 Å². The molecule has 83 heavy (non-hydrogen) atoms. The van der Waals surface area contributed by atoms with E-state index in [1.807, 2.05) is 6.08 Å². The van der Waals surface area contributed by atoms with Gasteiger partial charge < -0.3 is 20.1 Å². The summed E-state index contributed by atoms with van der Waals surface area (Å²) in [7, 11) is -4.42. The van der Waals surface area contributed by atoms with Gasteiger partial charge in [-0.2, -0.15) is 0 Å². The summed E-state index contributed by atoms with van der Waals surface area (Å²) in [5.74, 6) is -0.902. The third-order valence-electron chi connectivity index (χ3n) is 13.4. The highest BCUT2D eigenvalue weighted by Crippen LogP contribution is 2.43. The largest absolute Gasteiger partial charge is 0.472 e. The summed E-state index contributed by atoms with van der Waals surface area (Å²) in [6, 6.07) is 0. The van der Waals surface area contributed by atoms with Crippen LogP contribution in [0, 0.1) is 0 Å². The van der Waals surface area contributed by atoms with Gasteiger partial charge in [-0.15, -0.1) is 0 Å². The first-order chi connectivity index (χ1) is 40.8. The number of allylic oxidation sites excluding steroid dienone is 26. The van der Waals surface area contributed by atoms with Crippen LogP contribution in [-0.4, -0.2) is 49.3 Å². The van der Waals surface area contributed by atoms with Crippen molar-refractivity contribution in [3.63, 3.8) is 0 Å². The van der Waals surface area contributed by atoms with Crippen LogP contribution < -0.4 is 5.73 Å². The van der Waals surface area contributed by atoms with Gasteiger partial charge in [-0.25, -0.2) is 4.57 Å². The Balaban J connectivity index is 4.01. The fourth-order valence-electron chi connectivity index (χ4n) is 8.63. The Kier molecular flexibility index (Phi) is 63.3. The van der Waals surface area contributed by atoms with Crippen molar-refractivity contribution in [1.82, 2.24) is 0 Å². The van der Waals surface area contributed by atoms with Crippen molar-refractivity contribution >= 4 is 19.8 Å². The number of carbonyl (C=O) groups excluding carboxylic acids is 2. The van der Waals surface area contributed by atoms with Crippen LogP contribution in [0.3, 0.4) is 0 Å². The maximum absolute atomic E-state index is 12.7. The number of hydrogen-bond donors (Lipinski definition) is 2. The Morgan fingerprint density at radius 1 is 0.361 bits per heavy atom. The molecule has 0 bridgehead atoms. The zero-order valence-electron chi connectivity index (χ0n) is 52.6. The third-order valence-corrected chi connectivity index (χ3v) is 14.4. The summed E-state index contributed by atoms with van der Waals surface area (Å²) in [6.45, 7) is 3.45. The molecule has 0 aliphatic carbocycles. The average molecular weight is 1170 g/mol. The third kappa shape index (κ3) is 66.6. The Morgan fingerprint density at radius 2 is 0.639 bits per heavy atom. The smallest absolute Gasteiger partial charge is 0.462 e. The molecule has 0 rings (SSSR count). The Morgan fingerprint density at radius 3 is 0.964 bits per heavy atom. The number of phosphoric acid groups is 1. The number of unbranched alkanes of at least 4 members (excludes halogenated alkanes) is 21. The van der Waals surface area contributed by atoms with Crippen LogP contribution in [-0.2, 0) is 32.7 Å². The molecule has 0 aliphatic heterocycles. The molecular formula is C73H120NO8P. The molecule has 0 fully saturated rings. The minimum absolute atomic E-state index is 0.0369. The van der Waals surface area contributed by atoms with Crippen molar-refractivity contribution in [1.29, 1.82) is 0 Å². The minimum atomic E-state index is -4.42. The molecular weight excluding hydrogens is 1050 g/mol. The van der Waals surface area contributed by atoms with Crippen molar-refractivity contribution in [2.75, 3.05) is 26.4 Å². The van der Waals surface area contributed by atoms with Gasteiger partial charge in [0.15, 0.2) is 6.10 Å². The predicted molar refractivity (Wildman–Crippen MR) is 357 cm³/mol. The highest BCUT2D eigenvalue weighted by atomic mass is 31.2. The highest BCUT2D eigenvalue weighted by Gasteiger charge is 2.26. The number of esters is 2. The van der Waals surface area contributed by atoms with Crippen LogP contribution >= 0.6 is 7.82 Å². The second kappa shape index (κ2) is 66.8. The molecule has 0 heterocycles. The lowest BCUT2D eigenvalue weighted by Gasteiger charge is -2.19. The summed E-state index contributed by atoms with van der Waals surface area (Å²) in [4.78, 5) is 35.3. The van der Waals surface area contributed by atoms with E-state index >= 15 is 0 Å². The Hall–Kier alpha value is -4.37. The molecule has 0 saturated heterocycles. The van der Waals surface area contributed by atoms with Gasteiger partial charge >= 0.3 is 19.8 Å². The van der Waals surface area contributed by atoms with E-state index in [2.05, 4.69) is 166 Å². The van der Waals surface area contributed by atoms with E-state index in [1.54, 1.807) is 0 Å². The molecule has 0 spiro atoms. The van der Waals surface area contributed by atoms with E-state index in [1.165, 1.54) is 116 Å². The van der Waals surface area contributed by atoms with Gasteiger partial charge in [0.1, 0.15) is 6.61 Å². The number of phosphoric ester groups is 1. The standard InChI is InChI=1S/C73H120NO8P/c1-3-5-7-9-11-13-15-17-19-21-23-25-27-29-31-33-34-35-36-38-39-41-43-45-47-49-51-53-55-57-59-61-63-65-72(75)79-69-71(70-81-83(77,78)80-68-67-74)82-73(76)66-64-62-60-58-56-54-52-50-48-46-44-42-40-37-32-30-28-26-24-22-20-18-16-14-12-10-8-6-4-2/h5-8,11-14,17-20,23-26,30,32,40,42,46,48,52,54,58,60,71H,3-4,9-10,15-16,21-22,27-29,31,33-39,41,43-45,47,49-51,53,55-57,59,61-70,74H2,1-2H3,(H,77,78)/b7-5-,8-6-,13-11-,14-12-,19-17-,20-18-,25-23-,26-24-,32-30-,42-40-,48-46-,54-52-,60-58-. The van der Waals surface area contributed by atoms with Crippen LogP contribution in [0.1, 0.15) is 258 Å². The van der Waals surface area contributed by atoms with Gasteiger partial charge in [-0.05, 0) is 116 Å². The lowest BCUT2D eigenvalue weighted by molar-refractivity contribution is -0.161. The summed E-state index contributed by atoms with van der Waals surface area (Å²) >= 11 is 0. The maximum Gasteiger partial charge on any atom is 0.472 e. The first-order valence-electron chi connectivity index (χ1n) is 33.0. The van der Waals surface area contributed by atoms with Crippen molar-refractivity contribution in [2.45, 2.75) is 264 Å².